The van der Waals surface area contributed by atoms with E-state index in [9.17, 15) is 23.7 Å². The van der Waals surface area contributed by atoms with Crippen molar-refractivity contribution in [3.8, 4) is 0 Å². The molecular weight excluding hydrogens is 879 g/mol. The molecule has 2 saturated heterocycles. The molecule has 7 rings (SSSR count). The topological polar surface area (TPSA) is 210 Å². The van der Waals surface area contributed by atoms with Gasteiger partial charge in [0.1, 0.15) is 31.2 Å². The first-order chi connectivity index (χ1) is 29.4. The van der Waals surface area contributed by atoms with Crippen LogP contribution in [-0.2, 0) is 47.1 Å². The van der Waals surface area contributed by atoms with Crippen molar-refractivity contribution in [2.75, 3.05) is 36.6 Å². The molecule has 3 aromatic carbocycles. The number of benzene rings is 3. The number of hydrogen-bond acceptors (Lipinski definition) is 14. The summed E-state index contributed by atoms with van der Waals surface area (Å²) in [5.41, 5.74) is 0.691. The number of hydrogen-bond donors (Lipinski definition) is 2. The zero-order valence-electron chi connectivity index (χ0n) is 32.9. The van der Waals surface area contributed by atoms with Crippen molar-refractivity contribution in [2.24, 2.45) is 0 Å². The lowest BCUT2D eigenvalue weighted by molar-refractivity contribution is -0.165. The predicted octanol–water partition coefficient (Wildman–Crippen LogP) is 5.83. The normalized spacial score (nSPS) is 22.4. The molecule has 7 atom stereocenters. The monoisotopic (exact) mass is 920 g/mol. The first kappa shape index (κ1) is 43.4. The molecule has 0 saturated carbocycles. The summed E-state index contributed by atoms with van der Waals surface area (Å²) in [6.45, 7) is 5.62. The molecule has 61 heavy (non-hydrogen) atoms. The maximum absolute atomic E-state index is 14.4. The second-order valence-electron chi connectivity index (χ2n) is 13.9. The fraction of sp³-hybridized carbons (Fsp3) is 0.317. The zero-order chi connectivity index (χ0) is 43.1. The van der Waals surface area contributed by atoms with Crippen molar-refractivity contribution in [3.63, 3.8) is 0 Å². The van der Waals surface area contributed by atoms with Gasteiger partial charge in [0.25, 0.3) is 5.56 Å². The second kappa shape index (κ2) is 19.4. The van der Waals surface area contributed by atoms with E-state index in [-0.39, 0.29) is 35.7 Å². The predicted molar refractivity (Wildman–Crippen MR) is 224 cm³/mol. The average molecular weight is 922 g/mol. The van der Waals surface area contributed by atoms with E-state index in [4.69, 9.17) is 32.9 Å². The molecule has 2 N–H and O–H groups in total. The summed E-state index contributed by atoms with van der Waals surface area (Å²) in [7, 11) is -3.98. The number of fused-ring (bicyclic) bond motifs is 1. The quantitative estimate of drug-likeness (QED) is 0.0369. The van der Waals surface area contributed by atoms with Crippen LogP contribution in [0.4, 0.5) is 11.4 Å². The van der Waals surface area contributed by atoms with Gasteiger partial charge in [-0.2, -0.15) is 0 Å². The third-order valence-electron chi connectivity index (χ3n) is 9.63. The Labute approximate surface area is 357 Å². The molecule has 4 heterocycles. The van der Waals surface area contributed by atoms with E-state index < -0.39 is 80.5 Å². The number of aromatic nitrogens is 4. The Bertz CT molecular complexity index is 2410. The van der Waals surface area contributed by atoms with Crippen LogP contribution in [0.15, 0.2) is 120 Å². The number of nitrogens with one attached hydrogen (secondary N) is 2. The van der Waals surface area contributed by atoms with E-state index in [0.29, 0.717) is 16.9 Å². The number of anilines is 2. The van der Waals surface area contributed by atoms with Crippen LogP contribution < -0.4 is 15.7 Å². The molecule has 0 bridgehead atoms. The van der Waals surface area contributed by atoms with Crippen LogP contribution in [-0.4, -0.2) is 94.0 Å². The van der Waals surface area contributed by atoms with E-state index in [1.54, 1.807) is 97.1 Å². The summed E-state index contributed by atoms with van der Waals surface area (Å²) in [5.74, 6) is -2.00. The Morgan fingerprint density at radius 1 is 0.885 bits per heavy atom. The molecule has 18 nitrogen and oxygen atoms in total. The third-order valence-corrected chi connectivity index (χ3v) is 11.8. The van der Waals surface area contributed by atoms with Gasteiger partial charge in [-0.1, -0.05) is 60.7 Å². The van der Waals surface area contributed by atoms with Crippen LogP contribution >= 0.6 is 23.6 Å². The molecule has 0 aliphatic carbocycles. The van der Waals surface area contributed by atoms with E-state index in [2.05, 4.69) is 42.7 Å². The molecule has 20 heteroatoms. The van der Waals surface area contributed by atoms with E-state index in [1.807, 2.05) is 0 Å². The molecule has 5 aromatic rings. The third kappa shape index (κ3) is 10.1. The Morgan fingerprint density at radius 2 is 1.49 bits per heavy atom. The summed E-state index contributed by atoms with van der Waals surface area (Å²) in [6.07, 6.45) is -3.74. The standard InChI is InChI=1S/C41H42BrN6O12P/c1-4-20-54-34-30(21-55-31(34)22-56-40(52)27-14-8-5-9-15-27)47-24-43-37-33(38(47)51)44-41(42)48(37)39-36(59-26(3)50)35(58-25(2)49)32(60-39)23-57-61(53,45-28-16-10-6-11-17-28)46-29-18-12-7-13-19-29/h4-19,24,30-32,34-36,39H,1,20-23H2,2-3H3,(H2,45,46,53)/t30-,31-,32-,34+,35-,36-,39-/m1/s1. The Kier molecular flexibility index (Phi) is 13.8. The summed E-state index contributed by atoms with van der Waals surface area (Å²) < 4.78 is 58.7. The minimum absolute atomic E-state index is 0.0124. The number of halogens is 1. The Balaban J connectivity index is 1.17. The first-order valence-corrected chi connectivity index (χ1v) is 21.5. The van der Waals surface area contributed by atoms with Gasteiger partial charge in [-0.15, -0.1) is 6.58 Å². The molecule has 0 spiro atoms. The number of nitrogens with zero attached hydrogens (tertiary/aromatic N) is 4. The maximum atomic E-state index is 14.4. The SMILES string of the molecule is C=CCO[C@H]1[C@H](n2cnc3c(nc(Br)n3[C@@H]3O[C@H](COP(=O)(Nc4ccccc4)Nc4ccccc4)[C@@H](OC(C)=O)[C@H]3OC(C)=O)c2=O)CO[C@@H]1COC(=O)c1ccccc1. The largest absolute Gasteiger partial charge is 0.459 e. The summed E-state index contributed by atoms with van der Waals surface area (Å²) >= 11 is 3.43. The van der Waals surface area contributed by atoms with Gasteiger partial charge in [0.2, 0.25) is 0 Å². The van der Waals surface area contributed by atoms with Crippen LogP contribution in [0.5, 0.6) is 0 Å². The molecule has 2 aromatic heterocycles. The molecule has 0 amide bonds. The number of rotatable bonds is 17. The van der Waals surface area contributed by atoms with Gasteiger partial charge in [0, 0.05) is 25.2 Å². The van der Waals surface area contributed by atoms with Gasteiger partial charge < -0.3 is 28.4 Å². The lowest BCUT2D eigenvalue weighted by atomic mass is 10.1. The van der Waals surface area contributed by atoms with Crippen molar-refractivity contribution in [3.05, 3.63) is 131 Å². The number of imidazole rings is 1. The Morgan fingerprint density at radius 3 is 2.10 bits per heavy atom. The van der Waals surface area contributed by atoms with Crippen molar-refractivity contribution < 1.29 is 51.9 Å². The number of para-hydroxylation sites is 2. The average Bonchev–Trinajstić information content (AvgIpc) is 3.91. The molecule has 2 fully saturated rings. The van der Waals surface area contributed by atoms with Crippen molar-refractivity contribution >= 4 is 64.0 Å². The Hall–Kier alpha value is -5.69. The molecule has 0 radical (unpaired) electrons. The summed E-state index contributed by atoms with van der Waals surface area (Å²) in [6, 6.07) is 25.3. The summed E-state index contributed by atoms with van der Waals surface area (Å²) in [5, 5.41) is 5.86. The molecule has 2 aliphatic rings. The smallest absolute Gasteiger partial charge is 0.391 e. The highest BCUT2D eigenvalue weighted by Gasteiger charge is 2.52. The van der Waals surface area contributed by atoms with Crippen LogP contribution in [0.2, 0.25) is 0 Å². The van der Waals surface area contributed by atoms with Gasteiger partial charge >= 0.3 is 25.6 Å². The van der Waals surface area contributed by atoms with Crippen molar-refractivity contribution in [1.82, 2.24) is 19.1 Å². The lowest BCUT2D eigenvalue weighted by Gasteiger charge is -2.26. The lowest BCUT2D eigenvalue weighted by Crippen LogP contribution is -2.40. The number of ether oxygens (including phenoxy) is 6. The highest BCUT2D eigenvalue weighted by molar-refractivity contribution is 9.10. The fourth-order valence-corrected chi connectivity index (χ4v) is 9.08. The number of esters is 3. The number of carbonyl (C=O) groups is 3. The van der Waals surface area contributed by atoms with Crippen LogP contribution in [0, 0.1) is 0 Å². The highest BCUT2D eigenvalue weighted by atomic mass is 79.9. The highest BCUT2D eigenvalue weighted by Crippen LogP contribution is 2.48. The van der Waals surface area contributed by atoms with Crippen molar-refractivity contribution in [2.45, 2.75) is 56.6 Å². The van der Waals surface area contributed by atoms with E-state index in [0.717, 1.165) is 0 Å². The van der Waals surface area contributed by atoms with Crippen LogP contribution in [0.1, 0.15) is 36.5 Å². The fourth-order valence-electron chi connectivity index (χ4n) is 7.01. The minimum Gasteiger partial charge on any atom is -0.459 e. The summed E-state index contributed by atoms with van der Waals surface area (Å²) in [4.78, 5) is 61.2. The molecule has 0 unspecified atom stereocenters. The van der Waals surface area contributed by atoms with Gasteiger partial charge in [-0.05, 0) is 52.3 Å². The van der Waals surface area contributed by atoms with Crippen LogP contribution in [0.3, 0.4) is 0 Å². The second-order valence-corrected chi connectivity index (χ2v) is 16.4. The molecule has 2 aliphatic heterocycles. The van der Waals surface area contributed by atoms with E-state index >= 15 is 0 Å². The minimum atomic E-state index is -3.98. The molecule has 320 valence electrons. The molecular formula is C41H42BrN6O12P. The van der Waals surface area contributed by atoms with Gasteiger partial charge in [-0.3, -0.25) is 38.2 Å². The van der Waals surface area contributed by atoms with E-state index in [1.165, 1.54) is 29.3 Å². The van der Waals surface area contributed by atoms with Crippen molar-refractivity contribution in [1.29, 1.82) is 0 Å². The van der Waals surface area contributed by atoms with Gasteiger partial charge in [-0.25, -0.2) is 19.3 Å². The van der Waals surface area contributed by atoms with Crippen LogP contribution in [0.25, 0.3) is 11.2 Å². The first-order valence-electron chi connectivity index (χ1n) is 19.1. The zero-order valence-corrected chi connectivity index (χ0v) is 35.4. The maximum Gasteiger partial charge on any atom is 0.391 e. The van der Waals surface area contributed by atoms with Gasteiger partial charge in [0.05, 0.1) is 31.4 Å². The number of carbonyl (C=O) groups excluding carboxylic acids is 3. The van der Waals surface area contributed by atoms with Gasteiger partial charge in [0.15, 0.2) is 34.3 Å².